The van der Waals surface area contributed by atoms with Gasteiger partial charge in [-0.05, 0) is 43.9 Å². The van der Waals surface area contributed by atoms with Gasteiger partial charge in [-0.1, -0.05) is 17.7 Å². The molecular formula is C22H25N3O4S. The number of fused-ring (bicyclic) bond motifs is 1. The van der Waals surface area contributed by atoms with Crippen LogP contribution in [0.3, 0.4) is 0 Å². The second-order valence-electron chi connectivity index (χ2n) is 7.05. The molecule has 0 saturated carbocycles. The highest BCUT2D eigenvalue weighted by molar-refractivity contribution is 7.16. The molecule has 0 unspecified atom stereocenters. The van der Waals surface area contributed by atoms with E-state index in [2.05, 4.69) is 11.4 Å². The van der Waals surface area contributed by atoms with Gasteiger partial charge in [0.15, 0.2) is 0 Å². The van der Waals surface area contributed by atoms with Gasteiger partial charge in [-0.25, -0.2) is 4.79 Å². The number of hydrogen-bond donors (Lipinski definition) is 1. The van der Waals surface area contributed by atoms with E-state index < -0.39 is 0 Å². The average Bonchev–Trinajstić information content (AvgIpc) is 3.08. The Bertz CT molecular complexity index is 993. The topological polar surface area (TPSA) is 91.7 Å². The quantitative estimate of drug-likeness (QED) is 0.752. The lowest BCUT2D eigenvalue weighted by atomic mass is 10.0. The molecule has 1 N–H and O–H groups in total. The summed E-state index contributed by atoms with van der Waals surface area (Å²) < 4.78 is 10.4. The van der Waals surface area contributed by atoms with Gasteiger partial charge in [0.2, 0.25) is 5.91 Å². The molecule has 0 fully saturated rings. The molecule has 2 aromatic rings. The van der Waals surface area contributed by atoms with E-state index in [0.29, 0.717) is 43.1 Å². The van der Waals surface area contributed by atoms with Crippen molar-refractivity contribution in [1.82, 2.24) is 4.90 Å². The van der Waals surface area contributed by atoms with Crippen molar-refractivity contribution in [3.8, 4) is 11.8 Å². The number of nitrogens with one attached hydrogen (secondary N) is 1. The van der Waals surface area contributed by atoms with Crippen molar-refractivity contribution in [3.63, 3.8) is 0 Å². The highest BCUT2D eigenvalue weighted by Crippen LogP contribution is 2.37. The summed E-state index contributed by atoms with van der Waals surface area (Å²) in [7, 11) is 1.61. The van der Waals surface area contributed by atoms with Crippen LogP contribution in [0.2, 0.25) is 0 Å². The molecule has 0 atom stereocenters. The van der Waals surface area contributed by atoms with Crippen molar-refractivity contribution in [3.05, 3.63) is 45.3 Å². The molecule has 1 aromatic carbocycles. The number of carbonyl (C=O) groups is 2. The van der Waals surface area contributed by atoms with E-state index in [1.807, 2.05) is 25.1 Å². The van der Waals surface area contributed by atoms with Gasteiger partial charge in [0.25, 0.3) is 0 Å². The Hall–Kier alpha value is -3.05. The maximum absolute atomic E-state index is 12.6. The standard InChI is InChI=1S/C22H25N3O4S/c1-4-29-22(27)25-10-9-16-17(12-23)21(30-19(16)13-25)24-20(26)8-6-15-11-14(2)5-7-18(15)28-3/h5,7,11H,4,6,8-10,13H2,1-3H3,(H,24,26). The first kappa shape index (κ1) is 21.7. The number of hydrogen-bond acceptors (Lipinski definition) is 6. The second-order valence-corrected chi connectivity index (χ2v) is 8.16. The number of methoxy groups -OCH3 is 1. The normalized spacial score (nSPS) is 12.7. The minimum Gasteiger partial charge on any atom is -0.496 e. The highest BCUT2D eigenvalue weighted by atomic mass is 32.1. The van der Waals surface area contributed by atoms with E-state index >= 15 is 0 Å². The van der Waals surface area contributed by atoms with Gasteiger partial charge in [0.1, 0.15) is 16.8 Å². The molecule has 0 aliphatic carbocycles. The first-order chi connectivity index (χ1) is 14.5. The third-order valence-corrected chi connectivity index (χ3v) is 6.14. The minimum absolute atomic E-state index is 0.157. The summed E-state index contributed by atoms with van der Waals surface area (Å²) in [5, 5.41) is 13.1. The average molecular weight is 428 g/mol. The van der Waals surface area contributed by atoms with Crippen LogP contribution in [0.25, 0.3) is 0 Å². The summed E-state index contributed by atoms with van der Waals surface area (Å²) in [5.41, 5.74) is 3.50. The first-order valence-electron chi connectivity index (χ1n) is 9.86. The van der Waals surface area contributed by atoms with Gasteiger partial charge in [0.05, 0.1) is 25.8 Å². The van der Waals surface area contributed by atoms with Crippen molar-refractivity contribution in [2.45, 2.75) is 39.7 Å². The number of anilines is 1. The number of ether oxygens (including phenoxy) is 2. The molecule has 0 saturated heterocycles. The van der Waals surface area contributed by atoms with Crippen LogP contribution in [0.5, 0.6) is 5.75 Å². The molecule has 2 amide bonds. The fourth-order valence-electron chi connectivity index (χ4n) is 3.52. The van der Waals surface area contributed by atoms with Gasteiger partial charge in [-0.2, -0.15) is 5.26 Å². The number of rotatable bonds is 6. The van der Waals surface area contributed by atoms with Gasteiger partial charge >= 0.3 is 6.09 Å². The molecule has 3 rings (SSSR count). The number of amides is 2. The Morgan fingerprint density at radius 3 is 2.87 bits per heavy atom. The summed E-state index contributed by atoms with van der Waals surface area (Å²) in [4.78, 5) is 27.1. The van der Waals surface area contributed by atoms with Crippen molar-refractivity contribution in [2.75, 3.05) is 25.6 Å². The fourth-order valence-corrected chi connectivity index (χ4v) is 4.75. The van der Waals surface area contributed by atoms with Crippen molar-refractivity contribution in [1.29, 1.82) is 5.26 Å². The Kier molecular flexibility index (Phi) is 6.95. The van der Waals surface area contributed by atoms with Gasteiger partial charge in [-0.3, -0.25) is 4.79 Å². The van der Waals surface area contributed by atoms with E-state index in [1.54, 1.807) is 18.9 Å². The Morgan fingerprint density at radius 1 is 1.37 bits per heavy atom. The Labute approximate surface area is 180 Å². The van der Waals surface area contributed by atoms with Crippen LogP contribution in [0.4, 0.5) is 9.80 Å². The third kappa shape index (κ3) is 4.74. The molecule has 1 aliphatic rings. The van der Waals surface area contributed by atoms with Gasteiger partial charge < -0.3 is 19.7 Å². The number of aryl methyl sites for hydroxylation is 2. The summed E-state index contributed by atoms with van der Waals surface area (Å²) in [6, 6.07) is 8.10. The van der Waals surface area contributed by atoms with E-state index in [9.17, 15) is 14.9 Å². The predicted molar refractivity (Wildman–Crippen MR) is 115 cm³/mol. The molecule has 158 valence electrons. The van der Waals surface area contributed by atoms with Crippen LogP contribution in [-0.4, -0.2) is 37.2 Å². The van der Waals surface area contributed by atoms with Crippen LogP contribution < -0.4 is 10.1 Å². The number of thiophene rings is 1. The minimum atomic E-state index is -0.354. The second kappa shape index (κ2) is 9.63. The Morgan fingerprint density at radius 2 is 2.17 bits per heavy atom. The van der Waals surface area contributed by atoms with E-state index in [4.69, 9.17) is 9.47 Å². The zero-order chi connectivity index (χ0) is 21.7. The van der Waals surface area contributed by atoms with Gasteiger partial charge in [0, 0.05) is 17.8 Å². The Balaban J connectivity index is 1.69. The highest BCUT2D eigenvalue weighted by Gasteiger charge is 2.28. The van der Waals surface area contributed by atoms with Crippen molar-refractivity contribution >= 4 is 28.3 Å². The van der Waals surface area contributed by atoms with Gasteiger partial charge in [-0.15, -0.1) is 11.3 Å². The lowest BCUT2D eigenvalue weighted by Crippen LogP contribution is -2.35. The summed E-state index contributed by atoms with van der Waals surface area (Å²) in [6.45, 7) is 4.98. The van der Waals surface area contributed by atoms with Crippen LogP contribution in [0.15, 0.2) is 18.2 Å². The number of nitrogens with zero attached hydrogens (tertiary/aromatic N) is 2. The fraction of sp³-hybridized carbons (Fsp3) is 0.409. The molecule has 0 radical (unpaired) electrons. The lowest BCUT2D eigenvalue weighted by Gasteiger charge is -2.25. The van der Waals surface area contributed by atoms with Crippen LogP contribution in [-0.2, 0) is 28.9 Å². The molecule has 8 heteroatoms. The van der Waals surface area contributed by atoms with Crippen LogP contribution >= 0.6 is 11.3 Å². The first-order valence-corrected chi connectivity index (χ1v) is 10.7. The molecule has 0 spiro atoms. The summed E-state index contributed by atoms with van der Waals surface area (Å²) in [6.07, 6.45) is 1.04. The molecule has 1 aromatic heterocycles. The lowest BCUT2D eigenvalue weighted by molar-refractivity contribution is -0.116. The maximum Gasteiger partial charge on any atom is 0.410 e. The molecule has 0 bridgehead atoms. The zero-order valence-electron chi connectivity index (χ0n) is 17.4. The maximum atomic E-state index is 12.6. The summed E-state index contributed by atoms with van der Waals surface area (Å²) >= 11 is 1.36. The number of nitriles is 1. The van der Waals surface area contributed by atoms with E-state index in [0.717, 1.165) is 27.3 Å². The SMILES string of the molecule is CCOC(=O)N1CCc2c(sc(NC(=O)CCc3cc(C)ccc3OC)c2C#N)C1. The van der Waals surface area contributed by atoms with E-state index in [1.165, 1.54) is 11.3 Å². The zero-order valence-corrected chi connectivity index (χ0v) is 18.2. The number of carbonyl (C=O) groups excluding carboxylic acids is 2. The molecule has 1 aliphatic heterocycles. The largest absolute Gasteiger partial charge is 0.496 e. The van der Waals surface area contributed by atoms with Crippen molar-refractivity contribution in [2.24, 2.45) is 0 Å². The number of benzene rings is 1. The van der Waals surface area contributed by atoms with Crippen LogP contribution in [0, 0.1) is 18.3 Å². The predicted octanol–water partition coefficient (Wildman–Crippen LogP) is 4.02. The smallest absolute Gasteiger partial charge is 0.410 e. The molecule has 30 heavy (non-hydrogen) atoms. The summed E-state index contributed by atoms with van der Waals surface area (Å²) in [5.74, 6) is 0.604. The monoisotopic (exact) mass is 427 g/mol. The van der Waals surface area contributed by atoms with Crippen LogP contribution in [0.1, 0.15) is 40.5 Å². The van der Waals surface area contributed by atoms with Crippen molar-refractivity contribution < 1.29 is 19.1 Å². The molecule has 2 heterocycles. The molecular weight excluding hydrogens is 402 g/mol. The van der Waals surface area contributed by atoms with E-state index in [-0.39, 0.29) is 18.4 Å². The third-order valence-electron chi connectivity index (χ3n) is 5.00. The molecule has 7 nitrogen and oxygen atoms in total.